The van der Waals surface area contributed by atoms with Crippen molar-refractivity contribution in [2.75, 3.05) is 23.5 Å². The maximum Gasteiger partial charge on any atom is 0.417 e. The van der Waals surface area contributed by atoms with Crippen molar-refractivity contribution in [2.24, 2.45) is 0 Å². The predicted octanol–water partition coefficient (Wildman–Crippen LogP) is 3.76. The van der Waals surface area contributed by atoms with E-state index >= 15 is 0 Å². The fourth-order valence-electron chi connectivity index (χ4n) is 3.42. The molecule has 3 rings (SSSR count). The van der Waals surface area contributed by atoms with E-state index in [4.69, 9.17) is 22.2 Å². The van der Waals surface area contributed by atoms with Crippen LogP contribution in [0.5, 0.6) is 5.75 Å². The zero-order chi connectivity index (χ0) is 25.4. The number of benzene rings is 2. The van der Waals surface area contributed by atoms with Gasteiger partial charge in [-0.05, 0) is 56.4 Å². The second-order valence-electron chi connectivity index (χ2n) is 7.73. The van der Waals surface area contributed by atoms with Gasteiger partial charge in [-0.3, -0.25) is 14.5 Å². The van der Waals surface area contributed by atoms with Crippen molar-refractivity contribution in [2.45, 2.75) is 25.6 Å². The van der Waals surface area contributed by atoms with Gasteiger partial charge in [0.05, 0.1) is 22.9 Å². The van der Waals surface area contributed by atoms with Crippen LogP contribution in [0.2, 0.25) is 0 Å². The molecule has 0 saturated carbocycles. The quantitative estimate of drug-likeness (QED) is 0.503. The number of anilines is 2. The maximum atomic E-state index is 14.6. The summed E-state index contributed by atoms with van der Waals surface area (Å²) in [5.74, 6) is -2.15. The summed E-state index contributed by atoms with van der Waals surface area (Å²) in [5.41, 5.74) is -3.20. The van der Waals surface area contributed by atoms with Gasteiger partial charge in [0.2, 0.25) is 0 Å². The molecule has 0 spiro atoms. The van der Waals surface area contributed by atoms with Gasteiger partial charge in [-0.25, -0.2) is 4.39 Å². The number of nitriles is 1. The standard InChI is InChI=1S/C22H18F4N4O3S/c1-21(2)19(32)29(13-5-4-12(10-27)15(8-13)22(24,25)26)20(34)30(21)14-6-7-17(16(23)9-14)33-11-18(31)28-3/h4-9H,11H2,1-3H3,(H,28,31). The SMILES string of the molecule is CNC(=O)COc1ccc(N2C(=S)N(c3ccc(C#N)c(C(F)(F)F)c3)C(=O)C2(C)C)cc1F. The van der Waals surface area contributed by atoms with Gasteiger partial charge in [0.25, 0.3) is 11.8 Å². The van der Waals surface area contributed by atoms with E-state index in [-0.39, 0.29) is 22.2 Å². The van der Waals surface area contributed by atoms with Crippen molar-refractivity contribution >= 4 is 40.5 Å². The van der Waals surface area contributed by atoms with Crippen molar-refractivity contribution in [3.05, 3.63) is 53.3 Å². The van der Waals surface area contributed by atoms with E-state index in [2.05, 4.69) is 5.32 Å². The molecular weight excluding hydrogens is 476 g/mol. The molecule has 2 amide bonds. The average Bonchev–Trinajstić information content (AvgIpc) is 2.95. The minimum atomic E-state index is -4.83. The highest BCUT2D eigenvalue weighted by molar-refractivity contribution is 7.81. The van der Waals surface area contributed by atoms with E-state index in [9.17, 15) is 27.2 Å². The highest BCUT2D eigenvalue weighted by Gasteiger charge is 2.50. The highest BCUT2D eigenvalue weighted by atomic mass is 32.1. The maximum absolute atomic E-state index is 14.6. The molecule has 7 nitrogen and oxygen atoms in total. The number of carbonyl (C=O) groups is 2. The van der Waals surface area contributed by atoms with Crippen LogP contribution in [0.4, 0.5) is 28.9 Å². The number of rotatable bonds is 5. The minimum absolute atomic E-state index is 0.153. The van der Waals surface area contributed by atoms with Gasteiger partial charge >= 0.3 is 6.18 Å². The summed E-state index contributed by atoms with van der Waals surface area (Å²) in [6.45, 7) is 2.57. The molecule has 2 aromatic rings. The molecule has 0 unspecified atom stereocenters. The normalized spacial score (nSPS) is 15.4. The first-order chi connectivity index (χ1) is 15.8. The molecule has 0 atom stereocenters. The van der Waals surface area contributed by atoms with Gasteiger partial charge in [0, 0.05) is 18.8 Å². The molecule has 34 heavy (non-hydrogen) atoms. The molecule has 1 heterocycles. The van der Waals surface area contributed by atoms with Crippen molar-refractivity contribution < 1.29 is 31.9 Å². The van der Waals surface area contributed by atoms with Gasteiger partial charge in [-0.1, -0.05) is 0 Å². The summed E-state index contributed by atoms with van der Waals surface area (Å²) in [7, 11) is 1.40. The van der Waals surface area contributed by atoms with Crippen molar-refractivity contribution in [3.63, 3.8) is 0 Å². The van der Waals surface area contributed by atoms with Crippen molar-refractivity contribution in [1.29, 1.82) is 5.26 Å². The molecule has 0 aliphatic carbocycles. The topological polar surface area (TPSA) is 85.7 Å². The lowest BCUT2D eigenvalue weighted by Crippen LogP contribution is -2.44. The summed E-state index contributed by atoms with van der Waals surface area (Å²) in [6.07, 6.45) is -4.83. The fourth-order valence-corrected chi connectivity index (χ4v) is 3.94. The van der Waals surface area contributed by atoms with Crippen molar-refractivity contribution in [1.82, 2.24) is 5.32 Å². The van der Waals surface area contributed by atoms with Crippen LogP contribution in [0, 0.1) is 17.1 Å². The van der Waals surface area contributed by atoms with E-state index in [0.717, 1.165) is 17.0 Å². The zero-order valence-corrected chi connectivity index (χ0v) is 19.0. The molecular formula is C22H18F4N4O3S. The van der Waals surface area contributed by atoms with E-state index < -0.39 is 47.1 Å². The number of hydrogen-bond donors (Lipinski definition) is 1. The fraction of sp³-hybridized carbons (Fsp3) is 0.273. The number of carbonyl (C=O) groups excluding carboxylic acids is 2. The molecule has 0 radical (unpaired) electrons. The van der Waals surface area contributed by atoms with Crippen molar-refractivity contribution in [3.8, 4) is 11.8 Å². The Morgan fingerprint density at radius 1 is 1.21 bits per heavy atom. The van der Waals surface area contributed by atoms with Crippen LogP contribution in [0.3, 0.4) is 0 Å². The van der Waals surface area contributed by atoms with Gasteiger partial charge in [-0.2, -0.15) is 18.4 Å². The Hall–Kier alpha value is -3.72. The van der Waals surface area contributed by atoms with Gasteiger partial charge in [0.15, 0.2) is 23.3 Å². The Kier molecular flexibility index (Phi) is 6.53. The first-order valence-corrected chi connectivity index (χ1v) is 10.2. The van der Waals surface area contributed by atoms with Crippen LogP contribution < -0.4 is 19.9 Å². The van der Waals surface area contributed by atoms with E-state index in [1.807, 2.05) is 0 Å². The lowest BCUT2D eigenvalue weighted by molar-refractivity contribution is -0.137. The molecule has 1 aliphatic rings. The van der Waals surface area contributed by atoms with E-state index in [1.165, 1.54) is 50.1 Å². The molecule has 0 aromatic heterocycles. The van der Waals surface area contributed by atoms with Crippen LogP contribution in [0.25, 0.3) is 0 Å². The first kappa shape index (κ1) is 24.9. The molecule has 1 aliphatic heterocycles. The third kappa shape index (κ3) is 4.38. The molecule has 1 saturated heterocycles. The van der Waals surface area contributed by atoms with Crippen LogP contribution in [-0.2, 0) is 15.8 Å². The Labute approximate surface area is 197 Å². The second kappa shape index (κ2) is 8.90. The smallest absolute Gasteiger partial charge is 0.417 e. The van der Waals surface area contributed by atoms with Gasteiger partial charge < -0.3 is 15.0 Å². The second-order valence-corrected chi connectivity index (χ2v) is 8.10. The molecule has 1 fully saturated rings. The number of thiocarbonyl (C=S) groups is 1. The molecule has 12 heteroatoms. The van der Waals surface area contributed by atoms with Crippen LogP contribution in [-0.4, -0.2) is 36.1 Å². The Morgan fingerprint density at radius 3 is 2.41 bits per heavy atom. The van der Waals surface area contributed by atoms with E-state index in [0.29, 0.717) is 6.07 Å². The monoisotopic (exact) mass is 494 g/mol. The van der Waals surface area contributed by atoms with Crippen LogP contribution >= 0.6 is 12.2 Å². The number of amides is 2. The summed E-state index contributed by atoms with van der Waals surface area (Å²) >= 11 is 5.41. The zero-order valence-electron chi connectivity index (χ0n) is 18.2. The summed E-state index contributed by atoms with van der Waals surface area (Å²) in [4.78, 5) is 26.7. The number of halogens is 4. The molecule has 2 aromatic carbocycles. The number of nitrogens with zero attached hydrogens (tertiary/aromatic N) is 3. The average molecular weight is 494 g/mol. The third-order valence-electron chi connectivity index (χ3n) is 5.17. The lowest BCUT2D eigenvalue weighted by atomic mass is 10.0. The minimum Gasteiger partial charge on any atom is -0.481 e. The third-order valence-corrected chi connectivity index (χ3v) is 5.53. The van der Waals surface area contributed by atoms with Crippen LogP contribution in [0.1, 0.15) is 25.0 Å². The lowest BCUT2D eigenvalue weighted by Gasteiger charge is -2.29. The molecule has 178 valence electrons. The molecule has 1 N–H and O–H groups in total. The summed E-state index contributed by atoms with van der Waals surface area (Å²) < 4.78 is 60.1. The van der Waals surface area contributed by atoms with Crippen LogP contribution in [0.15, 0.2) is 36.4 Å². The Bertz CT molecular complexity index is 1220. The van der Waals surface area contributed by atoms with E-state index in [1.54, 1.807) is 0 Å². The largest absolute Gasteiger partial charge is 0.481 e. The first-order valence-electron chi connectivity index (χ1n) is 9.76. The highest BCUT2D eigenvalue weighted by Crippen LogP contribution is 2.40. The number of likely N-dealkylation sites (N-methyl/N-ethyl adjacent to an activating group) is 1. The number of nitrogens with one attached hydrogen (secondary N) is 1. The number of hydrogen-bond acceptors (Lipinski definition) is 5. The Morgan fingerprint density at radius 2 is 1.85 bits per heavy atom. The van der Waals surface area contributed by atoms with Gasteiger partial charge in [-0.15, -0.1) is 0 Å². The number of alkyl halides is 3. The van der Waals surface area contributed by atoms with Gasteiger partial charge in [0.1, 0.15) is 5.54 Å². The molecule has 0 bridgehead atoms. The Balaban J connectivity index is 2.00. The summed E-state index contributed by atoms with van der Waals surface area (Å²) in [6, 6.07) is 8.02. The number of ether oxygens (including phenoxy) is 1. The summed E-state index contributed by atoms with van der Waals surface area (Å²) in [5, 5.41) is 11.2. The predicted molar refractivity (Wildman–Crippen MR) is 119 cm³/mol.